The summed E-state index contributed by atoms with van der Waals surface area (Å²) in [5.74, 6) is 0.0831. The van der Waals surface area contributed by atoms with Crippen LogP contribution in [-0.4, -0.2) is 62.0 Å². The second-order valence-electron chi connectivity index (χ2n) is 7.88. The Morgan fingerprint density at radius 1 is 0.969 bits per heavy atom. The fourth-order valence-corrected chi connectivity index (χ4v) is 4.77. The summed E-state index contributed by atoms with van der Waals surface area (Å²) in [6.07, 6.45) is -2.50. The van der Waals surface area contributed by atoms with Crippen molar-refractivity contribution in [3.05, 3.63) is 64.7 Å². The predicted octanol–water partition coefficient (Wildman–Crippen LogP) is 1.80. The zero-order chi connectivity index (χ0) is 23.3. The van der Waals surface area contributed by atoms with E-state index < -0.39 is 35.0 Å². The van der Waals surface area contributed by atoms with E-state index in [9.17, 15) is 25.2 Å². The Labute approximate surface area is 192 Å². The number of aliphatic hydroxyl groups excluding tert-OH is 4. The van der Waals surface area contributed by atoms with Gasteiger partial charge in [-0.3, -0.25) is 4.79 Å². The predicted molar refractivity (Wildman–Crippen MR) is 121 cm³/mol. The molecule has 3 rings (SSSR count). The summed E-state index contributed by atoms with van der Waals surface area (Å²) >= 11 is 1.07. The maximum absolute atomic E-state index is 11.2. The molecule has 0 saturated carbocycles. The highest BCUT2D eigenvalue weighted by molar-refractivity contribution is 8.00. The minimum atomic E-state index is -1.44. The van der Waals surface area contributed by atoms with E-state index in [1.54, 1.807) is 6.07 Å². The Morgan fingerprint density at radius 3 is 2.25 bits per heavy atom. The summed E-state index contributed by atoms with van der Waals surface area (Å²) in [6, 6.07) is 13.8. The van der Waals surface area contributed by atoms with E-state index in [4.69, 9.17) is 9.47 Å². The van der Waals surface area contributed by atoms with E-state index in [-0.39, 0.29) is 13.2 Å². The van der Waals surface area contributed by atoms with Gasteiger partial charge in [0.25, 0.3) is 0 Å². The third-order valence-electron chi connectivity index (χ3n) is 5.49. The SMILES string of the molecule is CCc1ccc(Cc2ccc(COC(C)=O)cc2OC2SC(CO)C(O)C(O)C2O)cc1. The molecule has 7 nitrogen and oxygen atoms in total. The summed E-state index contributed by atoms with van der Waals surface area (Å²) in [5.41, 5.74) is 3.01. The van der Waals surface area contributed by atoms with Crippen molar-refractivity contribution < 1.29 is 34.7 Å². The van der Waals surface area contributed by atoms with Gasteiger partial charge in [-0.2, -0.15) is 0 Å². The highest BCUT2D eigenvalue weighted by atomic mass is 32.2. The number of thioether (sulfide) groups is 1. The van der Waals surface area contributed by atoms with Crippen LogP contribution in [0.3, 0.4) is 0 Å². The summed E-state index contributed by atoms with van der Waals surface area (Å²) in [5, 5.41) is 39.5. The molecule has 2 aromatic carbocycles. The zero-order valence-electron chi connectivity index (χ0n) is 18.2. The van der Waals surface area contributed by atoms with Crippen LogP contribution in [-0.2, 0) is 29.0 Å². The molecule has 1 saturated heterocycles. The normalized spacial score (nSPS) is 25.4. The lowest BCUT2D eigenvalue weighted by atomic mass is 10.0. The van der Waals surface area contributed by atoms with Crippen molar-refractivity contribution in [1.82, 2.24) is 0 Å². The van der Waals surface area contributed by atoms with E-state index >= 15 is 0 Å². The molecule has 32 heavy (non-hydrogen) atoms. The maximum Gasteiger partial charge on any atom is 0.302 e. The number of aryl methyl sites for hydroxylation is 1. The van der Waals surface area contributed by atoms with Crippen LogP contribution in [0.5, 0.6) is 5.75 Å². The molecule has 1 fully saturated rings. The maximum atomic E-state index is 11.2. The van der Waals surface area contributed by atoms with Gasteiger partial charge in [-0.05, 0) is 34.7 Å². The number of rotatable bonds is 8. The molecule has 8 heteroatoms. The fraction of sp³-hybridized carbons (Fsp3) is 0.458. The average Bonchev–Trinajstić information content (AvgIpc) is 2.79. The van der Waals surface area contributed by atoms with Crippen LogP contribution < -0.4 is 4.74 Å². The van der Waals surface area contributed by atoms with E-state index in [2.05, 4.69) is 31.2 Å². The minimum absolute atomic E-state index is 0.0815. The summed E-state index contributed by atoms with van der Waals surface area (Å²) in [7, 11) is 0. The molecule has 0 radical (unpaired) electrons. The molecule has 0 aliphatic carbocycles. The standard InChI is InChI=1S/C24H30O7S/c1-3-15-4-6-16(7-5-15)10-18-9-8-17(13-30-14(2)26)11-19(18)31-24-23(29)22(28)21(27)20(12-25)32-24/h4-9,11,20-25,27-29H,3,10,12-13H2,1-2H3. The van der Waals surface area contributed by atoms with Gasteiger partial charge < -0.3 is 29.9 Å². The summed E-state index contributed by atoms with van der Waals surface area (Å²) in [4.78, 5) is 11.2. The monoisotopic (exact) mass is 462 g/mol. The van der Waals surface area contributed by atoms with Crippen molar-refractivity contribution in [3.8, 4) is 5.75 Å². The third-order valence-corrected chi connectivity index (χ3v) is 6.91. The van der Waals surface area contributed by atoms with Crippen LogP contribution in [0.4, 0.5) is 0 Å². The first kappa shape index (κ1) is 24.5. The number of ether oxygens (including phenoxy) is 2. The molecule has 174 valence electrons. The van der Waals surface area contributed by atoms with Gasteiger partial charge in [0.2, 0.25) is 0 Å². The van der Waals surface area contributed by atoms with Gasteiger partial charge >= 0.3 is 5.97 Å². The summed E-state index contributed by atoms with van der Waals surface area (Å²) in [6.45, 7) is 3.15. The summed E-state index contributed by atoms with van der Waals surface area (Å²) < 4.78 is 11.2. The molecule has 5 unspecified atom stereocenters. The molecule has 1 aliphatic heterocycles. The Morgan fingerprint density at radius 2 is 1.62 bits per heavy atom. The van der Waals surface area contributed by atoms with Crippen molar-refractivity contribution in [2.75, 3.05) is 6.61 Å². The van der Waals surface area contributed by atoms with Crippen LogP contribution >= 0.6 is 11.8 Å². The molecule has 4 N–H and O–H groups in total. The average molecular weight is 463 g/mol. The van der Waals surface area contributed by atoms with Gasteiger partial charge in [-0.15, -0.1) is 11.8 Å². The van der Waals surface area contributed by atoms with Gasteiger partial charge in [0.15, 0.2) is 5.44 Å². The quantitative estimate of drug-likeness (QED) is 0.439. The lowest BCUT2D eigenvalue weighted by Crippen LogP contribution is -2.55. The van der Waals surface area contributed by atoms with E-state index in [0.29, 0.717) is 12.2 Å². The molecule has 1 aliphatic rings. The van der Waals surface area contributed by atoms with Gasteiger partial charge in [-0.1, -0.05) is 43.3 Å². The zero-order valence-corrected chi connectivity index (χ0v) is 19.0. The Balaban J connectivity index is 1.87. The van der Waals surface area contributed by atoms with E-state index in [1.165, 1.54) is 12.5 Å². The second kappa shape index (κ2) is 11.2. The van der Waals surface area contributed by atoms with E-state index in [1.807, 2.05) is 12.1 Å². The smallest absolute Gasteiger partial charge is 0.302 e. The van der Waals surface area contributed by atoms with Crippen LogP contribution in [0.15, 0.2) is 42.5 Å². The number of carbonyl (C=O) groups excluding carboxylic acids is 1. The first-order valence-corrected chi connectivity index (χ1v) is 11.6. The number of benzene rings is 2. The van der Waals surface area contributed by atoms with Crippen molar-refractivity contribution in [1.29, 1.82) is 0 Å². The van der Waals surface area contributed by atoms with Gasteiger partial charge in [-0.25, -0.2) is 0 Å². The lowest BCUT2D eigenvalue weighted by Gasteiger charge is -2.39. The van der Waals surface area contributed by atoms with Gasteiger partial charge in [0.05, 0.1) is 18.0 Å². The van der Waals surface area contributed by atoms with Crippen molar-refractivity contribution >= 4 is 17.7 Å². The number of hydrogen-bond donors (Lipinski definition) is 4. The molecule has 5 atom stereocenters. The lowest BCUT2D eigenvalue weighted by molar-refractivity contribution is -0.142. The van der Waals surface area contributed by atoms with Crippen molar-refractivity contribution in [3.63, 3.8) is 0 Å². The highest BCUT2D eigenvalue weighted by Crippen LogP contribution is 2.36. The van der Waals surface area contributed by atoms with Crippen LogP contribution in [0, 0.1) is 0 Å². The van der Waals surface area contributed by atoms with Gasteiger partial charge in [0, 0.05) is 13.3 Å². The topological polar surface area (TPSA) is 116 Å². The number of aliphatic hydroxyl groups is 4. The van der Waals surface area contributed by atoms with Gasteiger partial charge in [0.1, 0.15) is 24.6 Å². The number of carbonyl (C=O) groups is 1. The largest absolute Gasteiger partial charge is 0.477 e. The molecular formula is C24H30O7S. The molecular weight excluding hydrogens is 432 g/mol. The molecule has 0 bridgehead atoms. The van der Waals surface area contributed by atoms with Crippen molar-refractivity contribution in [2.24, 2.45) is 0 Å². The Bertz CT molecular complexity index is 900. The first-order chi connectivity index (χ1) is 15.3. The first-order valence-electron chi connectivity index (χ1n) is 10.6. The number of esters is 1. The Hall–Kier alpha value is -2.10. The molecule has 0 aromatic heterocycles. The molecule has 2 aromatic rings. The molecule has 0 amide bonds. The molecule has 1 heterocycles. The van der Waals surface area contributed by atoms with E-state index in [0.717, 1.165) is 34.9 Å². The third kappa shape index (κ3) is 6.02. The highest BCUT2D eigenvalue weighted by Gasteiger charge is 2.44. The fourth-order valence-electron chi connectivity index (χ4n) is 3.53. The Kier molecular flexibility index (Phi) is 8.56. The molecule has 0 spiro atoms. The number of hydrogen-bond acceptors (Lipinski definition) is 8. The minimum Gasteiger partial charge on any atom is -0.477 e. The van der Waals surface area contributed by atoms with Crippen molar-refractivity contribution in [2.45, 2.75) is 62.3 Å². The van der Waals surface area contributed by atoms with Crippen LogP contribution in [0.1, 0.15) is 36.1 Å². The second-order valence-corrected chi connectivity index (χ2v) is 9.23. The van der Waals surface area contributed by atoms with Crippen LogP contribution in [0.25, 0.3) is 0 Å². The van der Waals surface area contributed by atoms with Crippen LogP contribution in [0.2, 0.25) is 0 Å².